The smallest absolute Gasteiger partial charge is 0.220 e. The van der Waals surface area contributed by atoms with Crippen LogP contribution in [0.25, 0.3) is 0 Å². The SMILES string of the molecule is CCNC(=NCCc1nc(CC)c(C)s1)N1CCCC2(CNC(=O)C2)C1. The summed E-state index contributed by atoms with van der Waals surface area (Å²) in [5.74, 6) is 1.18. The molecule has 6 nitrogen and oxygen atoms in total. The Morgan fingerprint density at radius 3 is 2.96 bits per heavy atom. The number of aliphatic imine (C=N–C) groups is 1. The molecule has 0 aromatic carbocycles. The molecule has 2 aliphatic heterocycles. The third-order valence-corrected chi connectivity index (χ3v) is 6.42. The number of aryl methyl sites for hydroxylation is 2. The zero-order chi connectivity index (χ0) is 18.6. The van der Waals surface area contributed by atoms with Crippen molar-refractivity contribution in [1.29, 1.82) is 0 Å². The summed E-state index contributed by atoms with van der Waals surface area (Å²) >= 11 is 1.79. The number of likely N-dealkylation sites (tertiary alicyclic amines) is 1. The van der Waals surface area contributed by atoms with Crippen LogP contribution in [0, 0.1) is 12.3 Å². The summed E-state index contributed by atoms with van der Waals surface area (Å²) in [7, 11) is 0. The number of piperidine rings is 1. The summed E-state index contributed by atoms with van der Waals surface area (Å²) in [5, 5.41) is 7.63. The van der Waals surface area contributed by atoms with Gasteiger partial charge in [0.2, 0.25) is 5.91 Å². The summed E-state index contributed by atoms with van der Waals surface area (Å²) in [5.41, 5.74) is 1.31. The first kappa shape index (κ1) is 19.1. The minimum Gasteiger partial charge on any atom is -0.357 e. The minimum absolute atomic E-state index is 0.0912. The summed E-state index contributed by atoms with van der Waals surface area (Å²) < 4.78 is 0. The minimum atomic E-state index is 0.0912. The summed E-state index contributed by atoms with van der Waals surface area (Å²) in [6.45, 7) is 10.7. The van der Waals surface area contributed by atoms with E-state index in [1.807, 2.05) is 0 Å². The van der Waals surface area contributed by atoms with Gasteiger partial charge in [-0.2, -0.15) is 0 Å². The van der Waals surface area contributed by atoms with Crippen LogP contribution in [0.2, 0.25) is 0 Å². The van der Waals surface area contributed by atoms with Crippen molar-refractivity contribution in [2.45, 2.75) is 52.9 Å². The fourth-order valence-electron chi connectivity index (χ4n) is 4.03. The van der Waals surface area contributed by atoms with Gasteiger partial charge in [-0.1, -0.05) is 6.92 Å². The van der Waals surface area contributed by atoms with Crippen LogP contribution in [0.3, 0.4) is 0 Å². The molecule has 144 valence electrons. The molecule has 26 heavy (non-hydrogen) atoms. The average molecular weight is 378 g/mol. The first-order valence-corrected chi connectivity index (χ1v) is 10.6. The van der Waals surface area contributed by atoms with Crippen molar-refractivity contribution in [2.24, 2.45) is 10.4 Å². The number of aromatic nitrogens is 1. The van der Waals surface area contributed by atoms with Crippen LogP contribution in [0.4, 0.5) is 0 Å². The summed E-state index contributed by atoms with van der Waals surface area (Å²) in [6, 6.07) is 0. The molecular formula is C19H31N5OS. The van der Waals surface area contributed by atoms with Crippen molar-refractivity contribution < 1.29 is 4.79 Å². The predicted molar refractivity (Wildman–Crippen MR) is 107 cm³/mol. The molecule has 1 aromatic heterocycles. The lowest BCUT2D eigenvalue weighted by molar-refractivity contribution is -0.119. The van der Waals surface area contributed by atoms with E-state index in [9.17, 15) is 4.79 Å². The second kappa shape index (κ2) is 8.37. The fourth-order valence-corrected chi connectivity index (χ4v) is 5.05. The van der Waals surface area contributed by atoms with Crippen molar-refractivity contribution >= 4 is 23.2 Å². The maximum atomic E-state index is 11.7. The zero-order valence-electron chi connectivity index (χ0n) is 16.2. The van der Waals surface area contributed by atoms with Gasteiger partial charge in [0.1, 0.15) is 0 Å². The van der Waals surface area contributed by atoms with E-state index >= 15 is 0 Å². The van der Waals surface area contributed by atoms with E-state index in [1.165, 1.54) is 15.6 Å². The molecule has 1 spiro atoms. The van der Waals surface area contributed by atoms with Crippen LogP contribution in [0.5, 0.6) is 0 Å². The molecular weight excluding hydrogens is 346 g/mol. The van der Waals surface area contributed by atoms with E-state index in [4.69, 9.17) is 9.98 Å². The van der Waals surface area contributed by atoms with Gasteiger partial charge in [0.05, 0.1) is 10.7 Å². The molecule has 2 saturated heterocycles. The van der Waals surface area contributed by atoms with E-state index < -0.39 is 0 Å². The van der Waals surface area contributed by atoms with Crippen molar-refractivity contribution in [2.75, 3.05) is 32.7 Å². The van der Waals surface area contributed by atoms with Gasteiger partial charge in [0.25, 0.3) is 0 Å². The van der Waals surface area contributed by atoms with Crippen LogP contribution < -0.4 is 10.6 Å². The molecule has 2 aliphatic rings. The molecule has 1 atom stereocenters. The molecule has 1 unspecified atom stereocenters. The first-order valence-electron chi connectivity index (χ1n) is 9.80. The standard InChI is InChI=1S/C19H31N5OS/c1-4-15-14(3)26-17(23-15)7-9-21-18(20-5-2)24-10-6-8-19(13-24)11-16(25)22-12-19/h4-13H2,1-3H3,(H,20,21)(H,22,25). The van der Waals surface area contributed by atoms with Crippen LogP contribution in [-0.2, 0) is 17.6 Å². The number of carbonyl (C=O) groups excluding carboxylic acids is 1. The highest BCUT2D eigenvalue weighted by Crippen LogP contribution is 2.36. The van der Waals surface area contributed by atoms with E-state index in [1.54, 1.807) is 11.3 Å². The monoisotopic (exact) mass is 377 g/mol. The van der Waals surface area contributed by atoms with Gasteiger partial charge in [-0.15, -0.1) is 11.3 Å². The molecule has 3 rings (SSSR count). The Bertz CT molecular complexity index is 671. The van der Waals surface area contributed by atoms with Crippen LogP contribution in [0.15, 0.2) is 4.99 Å². The zero-order valence-corrected chi connectivity index (χ0v) is 17.0. The molecule has 0 bridgehead atoms. The van der Waals surface area contributed by atoms with Crippen LogP contribution >= 0.6 is 11.3 Å². The molecule has 1 aromatic rings. The Morgan fingerprint density at radius 1 is 1.46 bits per heavy atom. The Morgan fingerprint density at radius 2 is 2.31 bits per heavy atom. The summed E-state index contributed by atoms with van der Waals surface area (Å²) in [4.78, 5) is 25.0. The first-order chi connectivity index (χ1) is 12.5. The third kappa shape index (κ3) is 4.37. The second-order valence-corrected chi connectivity index (χ2v) is 8.72. The number of amides is 1. The number of guanidine groups is 1. The van der Waals surface area contributed by atoms with E-state index in [-0.39, 0.29) is 11.3 Å². The Labute approximate surface area is 160 Å². The number of thiazole rings is 1. The molecule has 0 radical (unpaired) electrons. The van der Waals surface area contributed by atoms with Gasteiger partial charge in [0.15, 0.2) is 5.96 Å². The van der Waals surface area contributed by atoms with E-state index in [0.717, 1.165) is 64.4 Å². The molecule has 0 saturated carbocycles. The van der Waals surface area contributed by atoms with Crippen molar-refractivity contribution in [3.63, 3.8) is 0 Å². The molecule has 1 amide bonds. The highest BCUT2D eigenvalue weighted by atomic mass is 32.1. The van der Waals surface area contributed by atoms with E-state index in [2.05, 4.69) is 36.3 Å². The highest BCUT2D eigenvalue weighted by Gasteiger charge is 2.42. The molecule has 0 aliphatic carbocycles. The topological polar surface area (TPSA) is 69.6 Å². The van der Waals surface area contributed by atoms with Gasteiger partial charge >= 0.3 is 0 Å². The van der Waals surface area contributed by atoms with Gasteiger partial charge < -0.3 is 15.5 Å². The second-order valence-electron chi connectivity index (χ2n) is 7.43. The number of nitrogens with zero attached hydrogens (tertiary/aromatic N) is 3. The lowest BCUT2D eigenvalue weighted by Gasteiger charge is -2.40. The molecule has 3 heterocycles. The van der Waals surface area contributed by atoms with Gasteiger partial charge in [0, 0.05) is 55.9 Å². The molecule has 7 heteroatoms. The Kier molecular flexibility index (Phi) is 6.16. The summed E-state index contributed by atoms with van der Waals surface area (Å²) in [6.07, 6.45) is 4.78. The maximum Gasteiger partial charge on any atom is 0.220 e. The molecule has 2 fully saturated rings. The number of rotatable bonds is 5. The fraction of sp³-hybridized carbons (Fsp3) is 0.737. The maximum absolute atomic E-state index is 11.7. The average Bonchev–Trinajstić information content (AvgIpc) is 3.16. The largest absolute Gasteiger partial charge is 0.357 e. The number of hydrogen-bond acceptors (Lipinski definition) is 4. The van der Waals surface area contributed by atoms with E-state index in [0.29, 0.717) is 6.42 Å². The van der Waals surface area contributed by atoms with Gasteiger partial charge in [-0.05, 0) is 33.1 Å². The van der Waals surface area contributed by atoms with Gasteiger partial charge in [-0.3, -0.25) is 9.79 Å². The number of nitrogens with one attached hydrogen (secondary N) is 2. The lowest BCUT2D eigenvalue weighted by atomic mass is 9.79. The lowest BCUT2D eigenvalue weighted by Crippen LogP contribution is -2.51. The van der Waals surface area contributed by atoms with Crippen molar-refractivity contribution in [1.82, 2.24) is 20.5 Å². The highest BCUT2D eigenvalue weighted by molar-refractivity contribution is 7.11. The molecule has 2 N–H and O–H groups in total. The van der Waals surface area contributed by atoms with Gasteiger partial charge in [-0.25, -0.2) is 4.98 Å². The van der Waals surface area contributed by atoms with Crippen LogP contribution in [-0.4, -0.2) is 54.5 Å². The quantitative estimate of drug-likeness (QED) is 0.609. The Balaban J connectivity index is 1.63. The predicted octanol–water partition coefficient (Wildman–Crippen LogP) is 2.12. The number of carbonyl (C=O) groups is 1. The number of hydrogen-bond donors (Lipinski definition) is 2. The van der Waals surface area contributed by atoms with Crippen molar-refractivity contribution in [3.05, 3.63) is 15.6 Å². The Hall–Kier alpha value is -1.63. The van der Waals surface area contributed by atoms with Crippen LogP contribution in [0.1, 0.15) is 48.7 Å². The third-order valence-electron chi connectivity index (χ3n) is 5.35. The normalized spacial score (nSPS) is 23.6. The van der Waals surface area contributed by atoms with Crippen molar-refractivity contribution in [3.8, 4) is 0 Å².